The lowest BCUT2D eigenvalue weighted by atomic mass is 10.1. The van der Waals surface area contributed by atoms with Crippen LogP contribution in [0.1, 0.15) is 16.1 Å². The Morgan fingerprint density at radius 3 is 2.55 bits per heavy atom. The Bertz CT molecular complexity index is 619. The largest absolute Gasteiger partial charge is 0.399 e. The number of nitrogens with two attached hydrogens (primary N) is 1. The molecule has 0 aliphatic heterocycles. The van der Waals surface area contributed by atoms with E-state index in [9.17, 15) is 14.9 Å². The number of hydrogen-bond acceptors (Lipinski definition) is 4. The number of aromatic nitrogens is 1. The average Bonchev–Trinajstić information content (AvgIpc) is 2.91. The van der Waals surface area contributed by atoms with Crippen molar-refractivity contribution in [2.45, 2.75) is 6.42 Å². The summed E-state index contributed by atoms with van der Waals surface area (Å²) in [7, 11) is 0. The summed E-state index contributed by atoms with van der Waals surface area (Å²) in [6.07, 6.45) is 0.662. The van der Waals surface area contributed by atoms with E-state index in [4.69, 9.17) is 5.73 Å². The molecule has 0 bridgehead atoms. The number of anilines is 1. The maximum atomic E-state index is 11.7. The second-order valence-corrected chi connectivity index (χ2v) is 4.26. The van der Waals surface area contributed by atoms with Gasteiger partial charge in [-0.3, -0.25) is 4.79 Å². The number of amides is 1. The van der Waals surface area contributed by atoms with Crippen molar-refractivity contribution in [3.05, 3.63) is 57.8 Å². The molecule has 1 aromatic carbocycles. The Balaban J connectivity index is 1.85. The number of rotatable bonds is 5. The molecule has 20 heavy (non-hydrogen) atoms. The van der Waals surface area contributed by atoms with Crippen LogP contribution in [0.5, 0.6) is 0 Å². The van der Waals surface area contributed by atoms with Crippen molar-refractivity contribution in [3.63, 3.8) is 0 Å². The molecule has 0 saturated carbocycles. The van der Waals surface area contributed by atoms with Crippen LogP contribution in [-0.4, -0.2) is 22.4 Å². The number of aromatic amines is 1. The minimum Gasteiger partial charge on any atom is -0.399 e. The molecular weight excluding hydrogens is 260 g/mol. The van der Waals surface area contributed by atoms with Crippen LogP contribution in [0, 0.1) is 10.1 Å². The van der Waals surface area contributed by atoms with Gasteiger partial charge in [0.05, 0.1) is 0 Å². The van der Waals surface area contributed by atoms with Crippen LogP contribution >= 0.6 is 0 Å². The van der Waals surface area contributed by atoms with Crippen LogP contribution in [0.25, 0.3) is 0 Å². The van der Waals surface area contributed by atoms with Crippen LogP contribution in [0.3, 0.4) is 0 Å². The molecule has 1 amide bonds. The molecule has 4 N–H and O–H groups in total. The van der Waals surface area contributed by atoms with E-state index >= 15 is 0 Å². The molecule has 0 spiro atoms. The number of nitrogens with one attached hydrogen (secondary N) is 2. The number of H-pyrrole nitrogens is 1. The Labute approximate surface area is 114 Å². The summed E-state index contributed by atoms with van der Waals surface area (Å²) in [5, 5.41) is 13.2. The van der Waals surface area contributed by atoms with Gasteiger partial charge in [0.25, 0.3) is 5.91 Å². The quantitative estimate of drug-likeness (QED) is 0.435. The van der Waals surface area contributed by atoms with E-state index in [0.29, 0.717) is 18.7 Å². The highest BCUT2D eigenvalue weighted by Gasteiger charge is 2.14. The fourth-order valence-electron chi connectivity index (χ4n) is 1.72. The van der Waals surface area contributed by atoms with Crippen molar-refractivity contribution in [2.24, 2.45) is 0 Å². The first kappa shape index (κ1) is 13.6. The predicted octanol–water partition coefficient (Wildman–Crippen LogP) is 1.48. The third-order valence-electron chi connectivity index (χ3n) is 2.79. The van der Waals surface area contributed by atoms with Gasteiger partial charge in [-0.25, -0.2) is 4.98 Å². The Kier molecular flexibility index (Phi) is 3.99. The van der Waals surface area contributed by atoms with Gasteiger partial charge >= 0.3 is 5.82 Å². The molecule has 0 unspecified atom stereocenters. The summed E-state index contributed by atoms with van der Waals surface area (Å²) in [5.41, 5.74) is 7.50. The van der Waals surface area contributed by atoms with Crippen molar-refractivity contribution in [1.29, 1.82) is 0 Å². The lowest BCUT2D eigenvalue weighted by Gasteiger charge is -2.03. The smallest absolute Gasteiger partial charge is 0.321 e. The fourth-order valence-corrected chi connectivity index (χ4v) is 1.72. The predicted molar refractivity (Wildman–Crippen MR) is 74.3 cm³/mol. The summed E-state index contributed by atoms with van der Waals surface area (Å²) < 4.78 is 0. The average molecular weight is 274 g/mol. The molecular formula is C13H14N4O3. The van der Waals surface area contributed by atoms with Crippen molar-refractivity contribution in [2.75, 3.05) is 12.3 Å². The van der Waals surface area contributed by atoms with E-state index in [1.165, 1.54) is 12.1 Å². The van der Waals surface area contributed by atoms with Gasteiger partial charge in [-0.05, 0) is 35.1 Å². The zero-order chi connectivity index (χ0) is 14.5. The molecule has 0 aliphatic carbocycles. The van der Waals surface area contributed by atoms with Gasteiger partial charge in [0, 0.05) is 18.3 Å². The normalized spacial score (nSPS) is 10.2. The molecule has 7 nitrogen and oxygen atoms in total. The number of hydrogen-bond donors (Lipinski definition) is 3. The second kappa shape index (κ2) is 5.87. The van der Waals surface area contributed by atoms with E-state index in [1.807, 2.05) is 12.1 Å². The number of carbonyl (C=O) groups excluding carboxylic acids is 1. The van der Waals surface area contributed by atoms with Crippen molar-refractivity contribution >= 4 is 17.4 Å². The van der Waals surface area contributed by atoms with Gasteiger partial charge in [0.1, 0.15) is 0 Å². The molecule has 0 fully saturated rings. The molecule has 1 heterocycles. The summed E-state index contributed by atoms with van der Waals surface area (Å²) in [5.74, 6) is -0.567. The molecule has 104 valence electrons. The number of nitrogens with zero attached hydrogens (tertiary/aromatic N) is 1. The van der Waals surface area contributed by atoms with Crippen molar-refractivity contribution in [1.82, 2.24) is 10.3 Å². The van der Waals surface area contributed by atoms with Gasteiger partial charge in [0.2, 0.25) is 0 Å². The van der Waals surface area contributed by atoms with Crippen LogP contribution in [0.4, 0.5) is 11.5 Å². The van der Waals surface area contributed by atoms with Gasteiger partial charge in [-0.15, -0.1) is 0 Å². The summed E-state index contributed by atoms with van der Waals surface area (Å²) in [6, 6.07) is 10.0. The van der Waals surface area contributed by atoms with E-state index in [-0.39, 0.29) is 17.4 Å². The Hall–Kier alpha value is -2.83. The molecule has 1 aromatic heterocycles. The number of nitro groups is 1. The molecule has 0 atom stereocenters. The van der Waals surface area contributed by atoms with E-state index < -0.39 is 4.92 Å². The van der Waals surface area contributed by atoms with E-state index in [2.05, 4.69) is 10.3 Å². The number of benzene rings is 1. The maximum absolute atomic E-state index is 11.7. The standard InChI is InChI=1S/C13H14N4O3/c14-10-3-1-9(2-4-10)7-8-15-13(18)11-5-6-12(16-11)17(19)20/h1-6,16H,7-8,14H2,(H,15,18). The second-order valence-electron chi connectivity index (χ2n) is 4.26. The summed E-state index contributed by atoms with van der Waals surface area (Å²) in [4.78, 5) is 24.1. The molecule has 0 radical (unpaired) electrons. The molecule has 2 rings (SSSR count). The van der Waals surface area contributed by atoms with Gasteiger partial charge in [-0.1, -0.05) is 12.1 Å². The van der Waals surface area contributed by atoms with Crippen LogP contribution in [0.2, 0.25) is 0 Å². The number of nitrogen functional groups attached to an aromatic ring is 1. The van der Waals surface area contributed by atoms with Gasteiger partial charge in [-0.2, -0.15) is 0 Å². The van der Waals surface area contributed by atoms with Crippen LogP contribution in [-0.2, 0) is 6.42 Å². The fraction of sp³-hybridized carbons (Fsp3) is 0.154. The third-order valence-corrected chi connectivity index (χ3v) is 2.79. The van der Waals surface area contributed by atoms with E-state index in [1.54, 1.807) is 12.1 Å². The maximum Gasteiger partial charge on any atom is 0.321 e. The van der Waals surface area contributed by atoms with Gasteiger partial charge < -0.3 is 21.2 Å². The van der Waals surface area contributed by atoms with Crippen LogP contribution < -0.4 is 11.1 Å². The summed E-state index contributed by atoms with van der Waals surface area (Å²) >= 11 is 0. The highest BCUT2D eigenvalue weighted by molar-refractivity contribution is 5.92. The third kappa shape index (κ3) is 3.35. The SMILES string of the molecule is Nc1ccc(CCNC(=O)c2ccc([N+](=O)[O-])[nH]2)cc1. The zero-order valence-electron chi connectivity index (χ0n) is 10.6. The van der Waals surface area contributed by atoms with Crippen molar-refractivity contribution < 1.29 is 9.72 Å². The Morgan fingerprint density at radius 1 is 1.25 bits per heavy atom. The lowest BCUT2D eigenvalue weighted by Crippen LogP contribution is -2.26. The first-order chi connectivity index (χ1) is 9.56. The first-order valence-corrected chi connectivity index (χ1v) is 6.02. The lowest BCUT2D eigenvalue weighted by molar-refractivity contribution is -0.389. The highest BCUT2D eigenvalue weighted by atomic mass is 16.6. The topological polar surface area (TPSA) is 114 Å². The van der Waals surface area contributed by atoms with Gasteiger partial charge in [0.15, 0.2) is 5.69 Å². The minimum atomic E-state index is -0.578. The monoisotopic (exact) mass is 274 g/mol. The van der Waals surface area contributed by atoms with Crippen molar-refractivity contribution in [3.8, 4) is 0 Å². The van der Waals surface area contributed by atoms with E-state index in [0.717, 1.165) is 5.56 Å². The van der Waals surface area contributed by atoms with Crippen LogP contribution in [0.15, 0.2) is 36.4 Å². The number of carbonyl (C=O) groups is 1. The molecule has 0 saturated heterocycles. The summed E-state index contributed by atoms with van der Waals surface area (Å²) in [6.45, 7) is 0.440. The molecule has 2 aromatic rings. The Morgan fingerprint density at radius 2 is 1.95 bits per heavy atom. The molecule has 7 heteroatoms. The first-order valence-electron chi connectivity index (χ1n) is 6.02. The molecule has 0 aliphatic rings. The zero-order valence-corrected chi connectivity index (χ0v) is 10.6. The highest BCUT2D eigenvalue weighted by Crippen LogP contribution is 2.10. The minimum absolute atomic E-state index is 0.175.